The van der Waals surface area contributed by atoms with Gasteiger partial charge in [0.25, 0.3) is 5.91 Å². The maximum atomic E-state index is 12.0. The quantitative estimate of drug-likeness (QED) is 0.688. The molecule has 0 spiro atoms. The third-order valence-electron chi connectivity index (χ3n) is 3.51. The molecule has 0 fully saturated rings. The second kappa shape index (κ2) is 9.62. The summed E-state index contributed by atoms with van der Waals surface area (Å²) < 4.78 is 0. The molecule has 1 aromatic carbocycles. The zero-order valence-corrected chi connectivity index (χ0v) is 14.3. The van der Waals surface area contributed by atoms with Crippen molar-refractivity contribution >= 4 is 11.7 Å². The fourth-order valence-electron chi connectivity index (χ4n) is 2.20. The first-order valence-corrected chi connectivity index (χ1v) is 8.18. The van der Waals surface area contributed by atoms with Crippen LogP contribution >= 0.6 is 0 Å². The van der Waals surface area contributed by atoms with Crippen LogP contribution in [0.25, 0.3) is 0 Å². The normalized spacial score (nSPS) is 10.6. The van der Waals surface area contributed by atoms with Gasteiger partial charge in [-0.15, -0.1) is 0 Å². The lowest BCUT2D eigenvalue weighted by atomic mass is 10.1. The third-order valence-corrected chi connectivity index (χ3v) is 3.51. The van der Waals surface area contributed by atoms with Crippen LogP contribution in [0.2, 0.25) is 0 Å². The molecule has 0 radical (unpaired) electrons. The molecule has 0 saturated carbocycles. The van der Waals surface area contributed by atoms with Gasteiger partial charge in [0.2, 0.25) is 0 Å². The first-order chi connectivity index (χ1) is 11.6. The highest BCUT2D eigenvalue weighted by molar-refractivity contribution is 5.91. The molecule has 0 unspecified atom stereocenters. The van der Waals surface area contributed by atoms with Crippen LogP contribution in [0, 0.1) is 0 Å². The zero-order valence-electron chi connectivity index (χ0n) is 14.3. The lowest BCUT2D eigenvalue weighted by Gasteiger charge is -2.10. The molecule has 24 heavy (non-hydrogen) atoms. The third kappa shape index (κ3) is 6.34. The summed E-state index contributed by atoms with van der Waals surface area (Å²) in [6.45, 7) is 2.42. The average molecular weight is 327 g/mol. The molecule has 1 amide bonds. The van der Waals surface area contributed by atoms with Gasteiger partial charge in [-0.3, -0.25) is 4.79 Å². The van der Waals surface area contributed by atoms with E-state index in [-0.39, 0.29) is 5.91 Å². The first kappa shape index (κ1) is 17.9. The van der Waals surface area contributed by atoms with Gasteiger partial charge in [0.15, 0.2) is 0 Å². The van der Waals surface area contributed by atoms with Gasteiger partial charge in [0, 0.05) is 13.1 Å². The number of hydrogen-bond donors (Lipinski definition) is 2. The molecular formula is C18H25N5O. The Balaban J connectivity index is 1.72. The predicted octanol–water partition coefficient (Wildman–Crippen LogP) is 1.81. The molecule has 0 atom stereocenters. The molecule has 1 aromatic heterocycles. The topological polar surface area (TPSA) is 70.2 Å². The van der Waals surface area contributed by atoms with Crippen molar-refractivity contribution in [2.45, 2.75) is 12.8 Å². The van der Waals surface area contributed by atoms with E-state index in [0.717, 1.165) is 25.9 Å². The Bertz CT molecular complexity index is 613. The Morgan fingerprint density at radius 2 is 1.88 bits per heavy atom. The minimum atomic E-state index is -0.197. The summed E-state index contributed by atoms with van der Waals surface area (Å²) in [4.78, 5) is 22.6. The van der Waals surface area contributed by atoms with Crippen LogP contribution in [0.1, 0.15) is 22.5 Å². The van der Waals surface area contributed by atoms with Gasteiger partial charge in [0.1, 0.15) is 11.5 Å². The molecule has 0 aliphatic rings. The molecule has 2 N–H and O–H groups in total. The fraction of sp³-hybridized carbons (Fsp3) is 0.389. The van der Waals surface area contributed by atoms with Crippen LogP contribution in [-0.4, -0.2) is 54.5 Å². The summed E-state index contributed by atoms with van der Waals surface area (Å²) in [5.41, 5.74) is 1.53. The Kier molecular flexibility index (Phi) is 7.17. The highest BCUT2D eigenvalue weighted by atomic mass is 16.1. The van der Waals surface area contributed by atoms with Crippen molar-refractivity contribution in [2.24, 2.45) is 0 Å². The summed E-state index contributed by atoms with van der Waals surface area (Å²) in [7, 11) is 4.09. The smallest absolute Gasteiger partial charge is 0.271 e. The average Bonchev–Trinajstić information content (AvgIpc) is 2.60. The van der Waals surface area contributed by atoms with Gasteiger partial charge >= 0.3 is 0 Å². The van der Waals surface area contributed by atoms with Crippen molar-refractivity contribution in [3.63, 3.8) is 0 Å². The van der Waals surface area contributed by atoms with E-state index in [1.807, 2.05) is 44.4 Å². The summed E-state index contributed by atoms with van der Waals surface area (Å²) in [5, 5.41) is 6.06. The van der Waals surface area contributed by atoms with Crippen molar-refractivity contribution in [3.05, 3.63) is 54.0 Å². The summed E-state index contributed by atoms with van der Waals surface area (Å²) in [6.07, 6.45) is 4.93. The minimum Gasteiger partial charge on any atom is -0.369 e. The SMILES string of the molecule is CN(C)CCCNc1cnc(C(=O)NCCc2ccccc2)cn1. The summed E-state index contributed by atoms with van der Waals surface area (Å²) >= 11 is 0. The van der Waals surface area contributed by atoms with Crippen molar-refractivity contribution < 1.29 is 4.79 Å². The molecule has 0 aliphatic carbocycles. The highest BCUT2D eigenvalue weighted by Crippen LogP contribution is 2.02. The van der Waals surface area contributed by atoms with Gasteiger partial charge in [-0.2, -0.15) is 0 Å². The lowest BCUT2D eigenvalue weighted by Crippen LogP contribution is -2.26. The van der Waals surface area contributed by atoms with E-state index in [9.17, 15) is 4.79 Å². The number of carbonyl (C=O) groups is 1. The van der Waals surface area contributed by atoms with Crippen LogP contribution in [-0.2, 0) is 6.42 Å². The van der Waals surface area contributed by atoms with Gasteiger partial charge in [0.05, 0.1) is 12.4 Å². The molecule has 2 aromatic rings. The Labute approximate surface area is 143 Å². The number of rotatable bonds is 9. The highest BCUT2D eigenvalue weighted by Gasteiger charge is 2.07. The van der Waals surface area contributed by atoms with E-state index in [4.69, 9.17) is 0 Å². The summed E-state index contributed by atoms with van der Waals surface area (Å²) in [6, 6.07) is 10.1. The Morgan fingerprint density at radius 3 is 2.54 bits per heavy atom. The molecule has 2 rings (SSSR count). The first-order valence-electron chi connectivity index (χ1n) is 8.18. The fourth-order valence-corrected chi connectivity index (χ4v) is 2.20. The number of benzene rings is 1. The Morgan fingerprint density at radius 1 is 1.08 bits per heavy atom. The largest absolute Gasteiger partial charge is 0.369 e. The number of anilines is 1. The van der Waals surface area contributed by atoms with E-state index >= 15 is 0 Å². The minimum absolute atomic E-state index is 0.197. The second-order valence-electron chi connectivity index (χ2n) is 5.86. The van der Waals surface area contributed by atoms with Crippen molar-refractivity contribution in [1.29, 1.82) is 0 Å². The van der Waals surface area contributed by atoms with Gasteiger partial charge in [-0.05, 0) is 39.0 Å². The van der Waals surface area contributed by atoms with Gasteiger partial charge < -0.3 is 15.5 Å². The molecule has 6 nitrogen and oxygen atoms in total. The Hall–Kier alpha value is -2.47. The molecule has 6 heteroatoms. The molecule has 0 aliphatic heterocycles. The van der Waals surface area contributed by atoms with Crippen LogP contribution in [0.4, 0.5) is 5.82 Å². The van der Waals surface area contributed by atoms with E-state index < -0.39 is 0 Å². The van der Waals surface area contributed by atoms with E-state index in [2.05, 4.69) is 25.5 Å². The monoisotopic (exact) mass is 327 g/mol. The lowest BCUT2D eigenvalue weighted by molar-refractivity contribution is 0.0949. The van der Waals surface area contributed by atoms with Gasteiger partial charge in [-0.25, -0.2) is 9.97 Å². The molecule has 0 bridgehead atoms. The van der Waals surface area contributed by atoms with E-state index in [1.54, 1.807) is 6.20 Å². The number of hydrogen-bond acceptors (Lipinski definition) is 5. The van der Waals surface area contributed by atoms with Crippen LogP contribution < -0.4 is 10.6 Å². The number of amides is 1. The second-order valence-corrected chi connectivity index (χ2v) is 5.86. The van der Waals surface area contributed by atoms with Gasteiger partial charge in [-0.1, -0.05) is 30.3 Å². The molecule has 128 valence electrons. The molecule has 0 saturated heterocycles. The van der Waals surface area contributed by atoms with Crippen molar-refractivity contribution in [2.75, 3.05) is 39.0 Å². The van der Waals surface area contributed by atoms with Crippen LogP contribution in [0.3, 0.4) is 0 Å². The molecule has 1 heterocycles. The number of nitrogens with zero attached hydrogens (tertiary/aromatic N) is 3. The van der Waals surface area contributed by atoms with Crippen molar-refractivity contribution in [1.82, 2.24) is 20.2 Å². The van der Waals surface area contributed by atoms with Crippen LogP contribution in [0.15, 0.2) is 42.7 Å². The number of aromatic nitrogens is 2. The van der Waals surface area contributed by atoms with E-state index in [0.29, 0.717) is 18.1 Å². The maximum Gasteiger partial charge on any atom is 0.271 e. The van der Waals surface area contributed by atoms with Crippen LogP contribution in [0.5, 0.6) is 0 Å². The van der Waals surface area contributed by atoms with Crippen molar-refractivity contribution in [3.8, 4) is 0 Å². The maximum absolute atomic E-state index is 12.0. The predicted molar refractivity (Wildman–Crippen MR) is 96.2 cm³/mol. The molecular weight excluding hydrogens is 302 g/mol. The number of carbonyl (C=O) groups excluding carboxylic acids is 1. The zero-order chi connectivity index (χ0) is 17.2. The number of nitrogens with one attached hydrogen (secondary N) is 2. The standard InChI is InChI=1S/C18H25N5O/c1-23(2)12-6-10-19-17-14-21-16(13-22-17)18(24)20-11-9-15-7-4-3-5-8-15/h3-5,7-8,13-14H,6,9-12H2,1-2H3,(H,19,22)(H,20,24). The summed E-state index contributed by atoms with van der Waals surface area (Å²) in [5.74, 6) is 0.493. The van der Waals surface area contributed by atoms with E-state index in [1.165, 1.54) is 11.8 Å².